The van der Waals surface area contributed by atoms with Crippen LogP contribution in [0.2, 0.25) is 10.0 Å². The third kappa shape index (κ3) is 10.5. The van der Waals surface area contributed by atoms with Gasteiger partial charge in [0, 0.05) is 38.3 Å². The lowest BCUT2D eigenvalue weighted by atomic mass is 10.1. The van der Waals surface area contributed by atoms with Gasteiger partial charge in [0.2, 0.25) is 5.88 Å². The molecule has 11 nitrogen and oxygen atoms in total. The number of carbonyl (C=O) groups is 3. The molecular weight excluding hydrogens is 714 g/mol. The van der Waals surface area contributed by atoms with Crippen molar-refractivity contribution >= 4 is 47.2 Å². The van der Waals surface area contributed by atoms with Crippen molar-refractivity contribution in [3.8, 4) is 11.3 Å². The van der Waals surface area contributed by atoms with Crippen LogP contribution < -0.4 is 16.0 Å². The quantitative estimate of drug-likeness (QED) is 0.123. The van der Waals surface area contributed by atoms with E-state index in [4.69, 9.17) is 32.5 Å². The van der Waals surface area contributed by atoms with Gasteiger partial charge in [0.1, 0.15) is 29.8 Å². The van der Waals surface area contributed by atoms with Gasteiger partial charge in [0.25, 0.3) is 6.43 Å². The molecule has 0 bridgehead atoms. The van der Waals surface area contributed by atoms with Gasteiger partial charge in [-0.05, 0) is 35.4 Å². The third-order valence-corrected chi connectivity index (χ3v) is 7.98. The number of amides is 5. The van der Waals surface area contributed by atoms with Crippen molar-refractivity contribution in [1.29, 1.82) is 0 Å². The molecule has 266 valence electrons. The number of nitrogens with zero attached hydrogens (tertiary/aromatic N) is 3. The molecule has 0 aliphatic carbocycles. The molecule has 5 amide bonds. The summed E-state index contributed by atoms with van der Waals surface area (Å²) in [5.74, 6) is -2.17. The van der Waals surface area contributed by atoms with Crippen molar-refractivity contribution in [3.63, 3.8) is 0 Å². The zero-order chi connectivity index (χ0) is 36.4. The number of nitrogens with one attached hydrogen (secondary N) is 3. The van der Waals surface area contributed by atoms with E-state index in [9.17, 15) is 36.3 Å². The van der Waals surface area contributed by atoms with Gasteiger partial charge >= 0.3 is 18.2 Å². The van der Waals surface area contributed by atoms with Crippen molar-refractivity contribution in [3.05, 3.63) is 105 Å². The Morgan fingerprint density at radius 3 is 2.06 bits per heavy atom. The zero-order valence-corrected chi connectivity index (χ0v) is 27.6. The first-order chi connectivity index (χ1) is 23.8. The Bertz CT molecular complexity index is 1820. The summed E-state index contributed by atoms with van der Waals surface area (Å²) in [6.07, 6.45) is -4.13. The molecule has 4 rings (SSSR count). The summed E-state index contributed by atoms with van der Waals surface area (Å²) in [6, 6.07) is 11.5. The van der Waals surface area contributed by atoms with Crippen LogP contribution in [0.5, 0.6) is 0 Å². The van der Waals surface area contributed by atoms with Gasteiger partial charge in [0.15, 0.2) is 0 Å². The van der Waals surface area contributed by atoms with Crippen molar-refractivity contribution in [2.24, 2.45) is 0 Å². The van der Waals surface area contributed by atoms with Crippen LogP contribution in [0.15, 0.2) is 71.3 Å². The van der Waals surface area contributed by atoms with E-state index < -0.39 is 67.8 Å². The number of ether oxygens (including phenoxy) is 1. The van der Waals surface area contributed by atoms with E-state index in [2.05, 4.69) is 21.1 Å². The Hall–Kier alpha value is -5.09. The standard InChI is InChI=1S/C32H29Cl2F5N6O5/c1-44(30(46)40-13-19-6-3-9-23(36)28(19)33)22(15-45(16-26(38)39)31(47)41-14-20-7-4-10-24(37)29(20)34)17-49-32(48)42-27-12-25(43-50-27)18-5-2-8-21(35)11-18/h2-12,22,26H,13-17H2,1H3,(H,40,46)(H,41,47)(H,42,48)/t22-/m0/s1. The minimum absolute atomic E-state index is 0.175. The Labute approximate surface area is 292 Å². The fourth-order valence-corrected chi connectivity index (χ4v) is 4.87. The monoisotopic (exact) mass is 742 g/mol. The summed E-state index contributed by atoms with van der Waals surface area (Å²) in [5, 5.41) is 10.4. The van der Waals surface area contributed by atoms with Crippen LogP contribution in [0.4, 0.5) is 42.2 Å². The molecule has 1 atom stereocenters. The number of benzene rings is 3. The van der Waals surface area contributed by atoms with E-state index in [0.29, 0.717) is 10.5 Å². The van der Waals surface area contributed by atoms with Crippen molar-refractivity contribution in [2.75, 3.05) is 32.1 Å². The van der Waals surface area contributed by atoms with Gasteiger partial charge in [-0.25, -0.2) is 36.3 Å². The van der Waals surface area contributed by atoms with E-state index in [-0.39, 0.29) is 45.8 Å². The first kappa shape index (κ1) is 37.7. The first-order valence-electron chi connectivity index (χ1n) is 14.7. The average Bonchev–Trinajstić information content (AvgIpc) is 3.55. The highest BCUT2D eigenvalue weighted by Gasteiger charge is 2.29. The lowest BCUT2D eigenvalue weighted by molar-refractivity contribution is 0.0703. The summed E-state index contributed by atoms with van der Waals surface area (Å²) >= 11 is 11.9. The molecule has 18 heteroatoms. The van der Waals surface area contributed by atoms with Gasteiger partial charge in [-0.2, -0.15) is 0 Å². The van der Waals surface area contributed by atoms with E-state index in [0.717, 1.165) is 17.0 Å². The molecule has 0 saturated heterocycles. The normalized spacial score (nSPS) is 11.5. The predicted molar refractivity (Wildman–Crippen MR) is 173 cm³/mol. The summed E-state index contributed by atoms with van der Waals surface area (Å²) < 4.78 is 79.0. The number of rotatable bonds is 13. The maximum atomic E-state index is 13.9. The number of halogens is 7. The SMILES string of the molecule is CN(C(=O)NCc1cccc(F)c1Cl)[C@H](COC(=O)Nc1cc(-c2cccc(F)c2)no1)CN(CC(F)F)C(=O)NCc1cccc(F)c1Cl. The van der Waals surface area contributed by atoms with E-state index in [1.165, 1.54) is 55.6 Å². The molecule has 0 unspecified atom stereocenters. The lowest BCUT2D eigenvalue weighted by Crippen LogP contribution is -2.54. The highest BCUT2D eigenvalue weighted by atomic mass is 35.5. The second-order valence-corrected chi connectivity index (χ2v) is 11.4. The summed E-state index contributed by atoms with van der Waals surface area (Å²) in [5.41, 5.74) is 0.967. The van der Waals surface area contributed by atoms with Gasteiger partial charge in [0.05, 0.1) is 22.6 Å². The van der Waals surface area contributed by atoms with Crippen LogP contribution in [0.1, 0.15) is 11.1 Å². The minimum atomic E-state index is -3.02. The Morgan fingerprint density at radius 2 is 1.46 bits per heavy atom. The van der Waals surface area contributed by atoms with Crippen LogP contribution in [-0.4, -0.2) is 72.3 Å². The number of carbonyl (C=O) groups excluding carboxylic acids is 3. The molecule has 0 fully saturated rings. The maximum absolute atomic E-state index is 13.9. The fraction of sp³-hybridized carbons (Fsp3) is 0.250. The van der Waals surface area contributed by atoms with Crippen molar-refractivity contribution < 1.29 is 45.6 Å². The number of hydrogen-bond acceptors (Lipinski definition) is 6. The number of aromatic nitrogens is 1. The second-order valence-electron chi connectivity index (χ2n) is 10.6. The van der Waals surface area contributed by atoms with Gasteiger partial charge in [-0.3, -0.25) is 5.32 Å². The summed E-state index contributed by atoms with van der Waals surface area (Å²) in [6.45, 7) is -2.87. The lowest BCUT2D eigenvalue weighted by Gasteiger charge is -2.33. The fourth-order valence-electron chi connectivity index (χ4n) is 4.49. The van der Waals surface area contributed by atoms with Crippen molar-refractivity contribution in [2.45, 2.75) is 25.6 Å². The highest BCUT2D eigenvalue weighted by Crippen LogP contribution is 2.23. The smallest absolute Gasteiger partial charge is 0.414 e. The average molecular weight is 744 g/mol. The van der Waals surface area contributed by atoms with E-state index in [1.807, 2.05) is 0 Å². The van der Waals surface area contributed by atoms with Gasteiger partial charge in [-0.1, -0.05) is 64.8 Å². The predicted octanol–water partition coefficient (Wildman–Crippen LogP) is 7.30. The molecule has 0 radical (unpaired) electrons. The molecular formula is C32H29Cl2F5N6O5. The number of hydrogen-bond donors (Lipinski definition) is 3. The minimum Gasteiger partial charge on any atom is -0.447 e. The molecule has 0 aliphatic rings. The molecule has 0 saturated carbocycles. The van der Waals surface area contributed by atoms with Crippen LogP contribution >= 0.6 is 23.2 Å². The Morgan fingerprint density at radius 1 is 0.860 bits per heavy atom. The zero-order valence-electron chi connectivity index (χ0n) is 26.1. The van der Waals surface area contributed by atoms with Crippen LogP contribution in [-0.2, 0) is 17.8 Å². The summed E-state index contributed by atoms with van der Waals surface area (Å²) in [7, 11) is 1.25. The third-order valence-electron chi connectivity index (χ3n) is 7.13. The molecule has 1 heterocycles. The molecule has 0 aliphatic heterocycles. The number of anilines is 1. The number of alkyl halides is 2. The Balaban J connectivity index is 1.48. The number of likely N-dealkylation sites (N-methyl/N-ethyl adjacent to an activating group) is 1. The van der Waals surface area contributed by atoms with Crippen LogP contribution in [0, 0.1) is 17.5 Å². The molecule has 50 heavy (non-hydrogen) atoms. The largest absolute Gasteiger partial charge is 0.447 e. The van der Waals surface area contributed by atoms with Gasteiger partial charge < -0.3 is 29.7 Å². The van der Waals surface area contributed by atoms with Crippen LogP contribution in [0.25, 0.3) is 11.3 Å². The topological polar surface area (TPSA) is 129 Å². The molecule has 3 N–H and O–H groups in total. The molecule has 0 spiro atoms. The van der Waals surface area contributed by atoms with Crippen molar-refractivity contribution in [1.82, 2.24) is 25.6 Å². The second kappa shape index (κ2) is 17.5. The maximum Gasteiger partial charge on any atom is 0.414 e. The first-order valence-corrected chi connectivity index (χ1v) is 15.4. The number of urea groups is 2. The molecule has 3 aromatic carbocycles. The van der Waals surface area contributed by atoms with Gasteiger partial charge in [-0.15, -0.1) is 0 Å². The van der Waals surface area contributed by atoms with E-state index in [1.54, 1.807) is 6.07 Å². The summed E-state index contributed by atoms with van der Waals surface area (Å²) in [4.78, 5) is 40.6. The van der Waals surface area contributed by atoms with E-state index >= 15 is 0 Å². The molecule has 4 aromatic rings. The molecule has 1 aromatic heterocycles. The highest BCUT2D eigenvalue weighted by molar-refractivity contribution is 6.31. The van der Waals surface area contributed by atoms with Crippen LogP contribution in [0.3, 0.4) is 0 Å². The Kier molecular flexibility index (Phi) is 13.2.